The van der Waals surface area contributed by atoms with Gasteiger partial charge in [0.15, 0.2) is 23.1 Å². The molecule has 1 aliphatic carbocycles. The Bertz CT molecular complexity index is 1510. The Balaban J connectivity index is 1.40. The predicted octanol–water partition coefficient (Wildman–Crippen LogP) is 6.21. The average Bonchev–Trinajstić information content (AvgIpc) is 3.35. The summed E-state index contributed by atoms with van der Waals surface area (Å²) in [5.41, 5.74) is 4.37. The number of anilines is 1. The fourth-order valence-electron chi connectivity index (χ4n) is 4.92. The van der Waals surface area contributed by atoms with Crippen LogP contribution in [0, 0.1) is 0 Å². The molecule has 3 aromatic carbocycles. The van der Waals surface area contributed by atoms with Gasteiger partial charge in [-0.05, 0) is 48.2 Å². The summed E-state index contributed by atoms with van der Waals surface area (Å²) in [5, 5.41) is 8.81. The number of fused-ring (bicyclic) bond motifs is 1. The maximum absolute atomic E-state index is 13.2. The lowest BCUT2D eigenvalue weighted by Crippen LogP contribution is -2.31. The van der Waals surface area contributed by atoms with Crippen LogP contribution in [-0.4, -0.2) is 27.7 Å². The molecular weight excluding hydrogens is 488 g/mol. The van der Waals surface area contributed by atoms with Gasteiger partial charge < -0.3 is 14.8 Å². The van der Waals surface area contributed by atoms with E-state index in [9.17, 15) is 4.79 Å². The van der Waals surface area contributed by atoms with Crippen molar-refractivity contribution in [3.05, 3.63) is 100 Å². The van der Waals surface area contributed by atoms with Crippen LogP contribution in [0.3, 0.4) is 0 Å². The van der Waals surface area contributed by atoms with Gasteiger partial charge in [-0.1, -0.05) is 60.1 Å². The van der Waals surface area contributed by atoms with E-state index in [1.165, 1.54) is 0 Å². The molecule has 186 valence electrons. The molecule has 2 heterocycles. The van der Waals surface area contributed by atoms with E-state index in [-0.39, 0.29) is 5.78 Å². The fraction of sp³-hybridized carbons (Fsp3) is 0.207. The highest BCUT2D eigenvalue weighted by Crippen LogP contribution is 2.42. The topological polar surface area (TPSA) is 78.3 Å². The van der Waals surface area contributed by atoms with Gasteiger partial charge >= 0.3 is 0 Å². The van der Waals surface area contributed by atoms with Crippen molar-refractivity contribution in [1.29, 1.82) is 0 Å². The largest absolute Gasteiger partial charge is 0.493 e. The summed E-state index contributed by atoms with van der Waals surface area (Å²) in [4.78, 5) is 17.9. The van der Waals surface area contributed by atoms with Crippen molar-refractivity contribution in [2.45, 2.75) is 31.9 Å². The van der Waals surface area contributed by atoms with Crippen LogP contribution in [0.1, 0.15) is 36.4 Å². The lowest BCUT2D eigenvalue weighted by Gasteiger charge is -2.32. The molecule has 1 aliphatic heterocycles. The van der Waals surface area contributed by atoms with E-state index in [1.807, 2.05) is 72.8 Å². The number of aromatic nitrogens is 3. The lowest BCUT2D eigenvalue weighted by molar-refractivity contribution is -0.116. The van der Waals surface area contributed by atoms with Crippen LogP contribution < -0.4 is 14.8 Å². The molecule has 0 fully saturated rings. The number of methoxy groups -OCH3 is 1. The zero-order valence-electron chi connectivity index (χ0n) is 20.3. The highest BCUT2D eigenvalue weighted by molar-refractivity contribution is 6.30. The molecule has 2 aliphatic rings. The van der Waals surface area contributed by atoms with Gasteiger partial charge in [0, 0.05) is 28.3 Å². The predicted molar refractivity (Wildman–Crippen MR) is 142 cm³/mol. The quantitative estimate of drug-likeness (QED) is 0.331. The number of benzene rings is 3. The fourth-order valence-corrected chi connectivity index (χ4v) is 5.11. The number of carbonyl (C=O) groups excluding carboxylic acids is 1. The molecule has 0 spiro atoms. The molecule has 6 rings (SSSR count). The number of Topliss-reactive ketones (excluding diaryl/α,β-unsaturated/α-hetero) is 1. The minimum absolute atomic E-state index is 0.118. The van der Waals surface area contributed by atoms with E-state index in [0.29, 0.717) is 41.3 Å². The molecule has 0 saturated heterocycles. The Kier molecular flexibility index (Phi) is 6.14. The zero-order chi connectivity index (χ0) is 25.4. The van der Waals surface area contributed by atoms with Crippen molar-refractivity contribution < 1.29 is 14.3 Å². The maximum Gasteiger partial charge on any atom is 0.226 e. The molecule has 4 aromatic rings. The van der Waals surface area contributed by atoms with Crippen LogP contribution in [0.5, 0.6) is 11.5 Å². The number of ether oxygens (including phenoxy) is 2. The normalized spacial score (nSPS) is 16.6. The van der Waals surface area contributed by atoms with Gasteiger partial charge in [-0.2, -0.15) is 4.98 Å². The summed E-state index contributed by atoms with van der Waals surface area (Å²) in [6.07, 6.45) is 2.10. The first kappa shape index (κ1) is 23.3. The SMILES string of the molecule is COc1cc(C2C3=C(CCCC3=O)Nc3nc(-c4cccc(Cl)c4)nn32)ccc1OCc1ccccc1. The second kappa shape index (κ2) is 9.75. The Hall–Kier alpha value is -4.10. The number of allylic oxidation sites excluding steroid dienone is 2. The third kappa shape index (κ3) is 4.47. The van der Waals surface area contributed by atoms with Crippen LogP contribution in [0.4, 0.5) is 5.95 Å². The van der Waals surface area contributed by atoms with E-state index < -0.39 is 6.04 Å². The second-order valence-corrected chi connectivity index (χ2v) is 9.53. The van der Waals surface area contributed by atoms with E-state index in [4.69, 9.17) is 31.2 Å². The van der Waals surface area contributed by atoms with Gasteiger partial charge in [-0.25, -0.2) is 4.68 Å². The molecule has 0 bridgehead atoms. The van der Waals surface area contributed by atoms with E-state index in [0.717, 1.165) is 40.8 Å². The van der Waals surface area contributed by atoms with Crippen molar-refractivity contribution in [3.8, 4) is 22.9 Å². The minimum Gasteiger partial charge on any atom is -0.493 e. The smallest absolute Gasteiger partial charge is 0.226 e. The highest BCUT2D eigenvalue weighted by atomic mass is 35.5. The summed E-state index contributed by atoms with van der Waals surface area (Å²) < 4.78 is 13.6. The number of rotatable bonds is 6. The second-order valence-electron chi connectivity index (χ2n) is 9.09. The van der Waals surface area contributed by atoms with Crippen molar-refractivity contribution in [1.82, 2.24) is 14.8 Å². The Labute approximate surface area is 219 Å². The average molecular weight is 513 g/mol. The minimum atomic E-state index is -0.434. The van der Waals surface area contributed by atoms with Gasteiger partial charge in [0.2, 0.25) is 5.95 Å². The number of hydrogen-bond donors (Lipinski definition) is 1. The molecular formula is C29H25ClN4O3. The molecule has 37 heavy (non-hydrogen) atoms. The Morgan fingerprint density at radius 1 is 1.03 bits per heavy atom. The molecule has 0 saturated carbocycles. The number of carbonyl (C=O) groups is 1. The van der Waals surface area contributed by atoms with Crippen LogP contribution in [0.25, 0.3) is 11.4 Å². The molecule has 1 aromatic heterocycles. The van der Waals surface area contributed by atoms with Gasteiger partial charge in [-0.15, -0.1) is 5.10 Å². The zero-order valence-corrected chi connectivity index (χ0v) is 21.0. The Morgan fingerprint density at radius 2 is 1.89 bits per heavy atom. The van der Waals surface area contributed by atoms with Gasteiger partial charge in [-0.3, -0.25) is 4.79 Å². The van der Waals surface area contributed by atoms with Crippen molar-refractivity contribution in [2.75, 3.05) is 12.4 Å². The van der Waals surface area contributed by atoms with Crippen LogP contribution in [0.2, 0.25) is 5.02 Å². The first-order valence-electron chi connectivity index (χ1n) is 12.2. The van der Waals surface area contributed by atoms with Gasteiger partial charge in [0.05, 0.1) is 7.11 Å². The molecule has 0 amide bonds. The first-order chi connectivity index (χ1) is 18.1. The summed E-state index contributed by atoms with van der Waals surface area (Å²) in [6.45, 7) is 0.425. The van der Waals surface area contributed by atoms with Crippen molar-refractivity contribution in [3.63, 3.8) is 0 Å². The Morgan fingerprint density at radius 3 is 2.70 bits per heavy atom. The maximum atomic E-state index is 13.2. The van der Waals surface area contributed by atoms with Gasteiger partial charge in [0.25, 0.3) is 0 Å². The molecule has 1 N–H and O–H groups in total. The summed E-state index contributed by atoms with van der Waals surface area (Å²) in [6, 6.07) is 22.8. The third-order valence-corrected chi connectivity index (χ3v) is 6.93. The molecule has 1 atom stereocenters. The lowest BCUT2D eigenvalue weighted by atomic mass is 9.85. The van der Waals surface area contributed by atoms with Crippen LogP contribution in [0.15, 0.2) is 84.1 Å². The first-order valence-corrected chi connectivity index (χ1v) is 12.6. The van der Waals surface area contributed by atoms with Crippen LogP contribution >= 0.6 is 11.6 Å². The molecule has 1 unspecified atom stereocenters. The summed E-state index contributed by atoms with van der Waals surface area (Å²) in [7, 11) is 1.62. The number of ketones is 1. The molecule has 7 nitrogen and oxygen atoms in total. The molecule has 0 radical (unpaired) electrons. The van der Waals surface area contributed by atoms with Crippen molar-refractivity contribution in [2.24, 2.45) is 0 Å². The van der Waals surface area contributed by atoms with Crippen LogP contribution in [-0.2, 0) is 11.4 Å². The number of halogens is 1. The highest BCUT2D eigenvalue weighted by Gasteiger charge is 2.37. The third-order valence-electron chi connectivity index (χ3n) is 6.69. The number of nitrogens with zero attached hydrogens (tertiary/aromatic N) is 3. The molecule has 8 heteroatoms. The number of nitrogens with one attached hydrogen (secondary N) is 1. The standard InChI is InChI=1S/C29H25ClN4O3/c1-36-25-16-19(13-14-24(25)37-17-18-7-3-2-4-8-18)27-26-22(11-6-12-23(26)35)31-29-32-28(33-34(27)29)20-9-5-10-21(30)15-20/h2-5,7-10,13-16,27H,6,11-12,17H2,1H3,(H,31,32,33). The van der Waals surface area contributed by atoms with Crippen molar-refractivity contribution >= 4 is 23.3 Å². The van der Waals surface area contributed by atoms with E-state index >= 15 is 0 Å². The van der Waals surface area contributed by atoms with E-state index in [2.05, 4.69) is 5.32 Å². The summed E-state index contributed by atoms with van der Waals surface area (Å²) >= 11 is 6.22. The monoisotopic (exact) mass is 512 g/mol. The summed E-state index contributed by atoms with van der Waals surface area (Å²) in [5.74, 6) is 2.47. The van der Waals surface area contributed by atoms with E-state index in [1.54, 1.807) is 11.8 Å². The number of hydrogen-bond acceptors (Lipinski definition) is 6. The van der Waals surface area contributed by atoms with Gasteiger partial charge in [0.1, 0.15) is 12.6 Å².